The van der Waals surface area contributed by atoms with Gasteiger partial charge < -0.3 is 15.2 Å². The largest absolute Gasteiger partial charge is 0.360 e. The molecular formula is C17H17N3O2S. The number of H-pyrrole nitrogens is 1. The van der Waals surface area contributed by atoms with Gasteiger partial charge in [0.1, 0.15) is 0 Å². The molecule has 23 heavy (non-hydrogen) atoms. The lowest BCUT2D eigenvalue weighted by Gasteiger charge is -2.16. The molecule has 0 radical (unpaired) electrons. The van der Waals surface area contributed by atoms with E-state index in [0.717, 1.165) is 15.8 Å². The van der Waals surface area contributed by atoms with E-state index in [1.54, 1.807) is 24.6 Å². The zero-order chi connectivity index (χ0) is 16.2. The fourth-order valence-electron chi connectivity index (χ4n) is 2.40. The molecule has 2 heterocycles. The number of aromatic nitrogens is 1. The van der Waals surface area contributed by atoms with Crippen molar-refractivity contribution in [2.75, 3.05) is 13.6 Å². The van der Waals surface area contributed by atoms with Crippen molar-refractivity contribution >= 4 is 34.1 Å². The summed E-state index contributed by atoms with van der Waals surface area (Å²) in [6.45, 7) is 0.523. The van der Waals surface area contributed by atoms with Crippen LogP contribution in [0.5, 0.6) is 0 Å². The molecular weight excluding hydrogens is 310 g/mol. The second-order valence-electron chi connectivity index (χ2n) is 5.27. The van der Waals surface area contributed by atoms with Crippen molar-refractivity contribution in [2.24, 2.45) is 0 Å². The molecule has 118 valence electrons. The molecule has 3 rings (SSSR count). The summed E-state index contributed by atoms with van der Waals surface area (Å²) in [5.74, 6) is -0.345. The van der Waals surface area contributed by atoms with Crippen molar-refractivity contribution in [1.29, 1.82) is 0 Å². The van der Waals surface area contributed by atoms with Gasteiger partial charge in [-0.2, -0.15) is 0 Å². The summed E-state index contributed by atoms with van der Waals surface area (Å²) in [7, 11) is 1.63. The minimum absolute atomic E-state index is 0.0315. The van der Waals surface area contributed by atoms with Gasteiger partial charge in [-0.05, 0) is 17.5 Å². The first-order valence-corrected chi connectivity index (χ1v) is 8.14. The van der Waals surface area contributed by atoms with Gasteiger partial charge in [0.2, 0.25) is 5.91 Å². The van der Waals surface area contributed by atoms with Gasteiger partial charge in [-0.15, -0.1) is 11.3 Å². The van der Waals surface area contributed by atoms with Crippen molar-refractivity contribution in [2.45, 2.75) is 6.54 Å². The van der Waals surface area contributed by atoms with Crippen LogP contribution in [0.2, 0.25) is 0 Å². The fourth-order valence-corrected chi connectivity index (χ4v) is 3.04. The molecule has 0 aliphatic heterocycles. The average molecular weight is 327 g/mol. The number of nitrogens with zero attached hydrogens (tertiary/aromatic N) is 1. The second kappa shape index (κ2) is 6.66. The molecule has 6 heteroatoms. The minimum atomic E-state index is -0.172. The van der Waals surface area contributed by atoms with Gasteiger partial charge in [0, 0.05) is 29.0 Å². The smallest absolute Gasteiger partial charge is 0.256 e. The summed E-state index contributed by atoms with van der Waals surface area (Å²) in [6.07, 6.45) is 1.69. The molecule has 5 nitrogen and oxygen atoms in total. The molecule has 2 N–H and O–H groups in total. The number of aromatic amines is 1. The Morgan fingerprint density at radius 3 is 2.83 bits per heavy atom. The van der Waals surface area contributed by atoms with E-state index < -0.39 is 0 Å². The van der Waals surface area contributed by atoms with Crippen LogP contribution < -0.4 is 5.32 Å². The third kappa shape index (κ3) is 3.43. The third-order valence-electron chi connectivity index (χ3n) is 3.59. The van der Waals surface area contributed by atoms with E-state index in [0.29, 0.717) is 12.1 Å². The summed E-state index contributed by atoms with van der Waals surface area (Å²) < 4.78 is 0. The van der Waals surface area contributed by atoms with Crippen LogP contribution in [-0.2, 0) is 11.3 Å². The molecule has 2 aromatic heterocycles. The van der Waals surface area contributed by atoms with Gasteiger partial charge in [0.05, 0.1) is 18.7 Å². The van der Waals surface area contributed by atoms with Crippen LogP contribution >= 0.6 is 11.3 Å². The quantitative estimate of drug-likeness (QED) is 0.756. The molecule has 0 bridgehead atoms. The molecule has 2 amide bonds. The van der Waals surface area contributed by atoms with Gasteiger partial charge in [-0.3, -0.25) is 9.59 Å². The molecule has 0 unspecified atom stereocenters. The highest BCUT2D eigenvalue weighted by Gasteiger charge is 2.18. The van der Waals surface area contributed by atoms with Crippen LogP contribution in [0.15, 0.2) is 48.0 Å². The van der Waals surface area contributed by atoms with Crippen LogP contribution in [0.25, 0.3) is 10.9 Å². The molecule has 0 fully saturated rings. The Morgan fingerprint density at radius 2 is 2.04 bits per heavy atom. The highest BCUT2D eigenvalue weighted by molar-refractivity contribution is 7.09. The lowest BCUT2D eigenvalue weighted by molar-refractivity contribution is -0.121. The first-order valence-electron chi connectivity index (χ1n) is 7.26. The zero-order valence-electron chi connectivity index (χ0n) is 12.7. The number of benzene rings is 1. The van der Waals surface area contributed by atoms with Gasteiger partial charge >= 0.3 is 0 Å². The molecule has 0 atom stereocenters. The van der Waals surface area contributed by atoms with Crippen molar-refractivity contribution < 1.29 is 9.59 Å². The Bertz CT molecular complexity index is 823. The van der Waals surface area contributed by atoms with Gasteiger partial charge in [0.15, 0.2) is 0 Å². The van der Waals surface area contributed by atoms with E-state index in [-0.39, 0.29) is 18.4 Å². The number of hydrogen-bond donors (Lipinski definition) is 2. The maximum absolute atomic E-state index is 12.5. The summed E-state index contributed by atoms with van der Waals surface area (Å²) in [4.78, 5) is 30.1. The number of carbonyl (C=O) groups is 2. The lowest BCUT2D eigenvalue weighted by Crippen LogP contribution is -2.37. The number of nitrogens with one attached hydrogen (secondary N) is 2. The van der Waals surface area contributed by atoms with Gasteiger partial charge in [0.25, 0.3) is 5.91 Å². The average Bonchev–Trinajstić information content (AvgIpc) is 3.21. The Kier molecular flexibility index (Phi) is 4.43. The first kappa shape index (κ1) is 15.3. The maximum atomic E-state index is 12.5. The van der Waals surface area contributed by atoms with Gasteiger partial charge in [-0.25, -0.2) is 0 Å². The molecule has 3 aromatic rings. The Balaban J connectivity index is 1.62. The highest BCUT2D eigenvalue weighted by atomic mass is 32.1. The standard InChI is InChI=1S/C17H17N3O2S/c1-20(11-16(21)19-9-12-5-4-8-23-12)17(22)14-10-18-15-7-3-2-6-13(14)15/h2-8,10,18H,9,11H2,1H3,(H,19,21). The third-order valence-corrected chi connectivity index (χ3v) is 4.46. The Labute approximate surface area is 137 Å². The topological polar surface area (TPSA) is 65.2 Å². The summed E-state index contributed by atoms with van der Waals surface area (Å²) in [5.41, 5.74) is 1.49. The molecule has 1 aromatic carbocycles. The van der Waals surface area contributed by atoms with Crippen LogP contribution in [0, 0.1) is 0 Å². The lowest BCUT2D eigenvalue weighted by atomic mass is 10.1. The van der Waals surface area contributed by atoms with E-state index in [1.807, 2.05) is 41.8 Å². The number of fused-ring (bicyclic) bond motifs is 1. The maximum Gasteiger partial charge on any atom is 0.256 e. The van der Waals surface area contributed by atoms with E-state index >= 15 is 0 Å². The number of hydrogen-bond acceptors (Lipinski definition) is 3. The molecule has 0 aliphatic carbocycles. The van der Waals surface area contributed by atoms with E-state index in [2.05, 4.69) is 10.3 Å². The minimum Gasteiger partial charge on any atom is -0.360 e. The van der Waals surface area contributed by atoms with E-state index in [9.17, 15) is 9.59 Å². The number of thiophene rings is 1. The normalized spacial score (nSPS) is 10.7. The Morgan fingerprint density at radius 1 is 1.22 bits per heavy atom. The SMILES string of the molecule is CN(CC(=O)NCc1cccs1)C(=O)c1c[nH]c2ccccc12. The molecule has 0 saturated carbocycles. The molecule has 0 aliphatic rings. The fraction of sp³-hybridized carbons (Fsp3) is 0.176. The monoisotopic (exact) mass is 327 g/mol. The van der Waals surface area contributed by atoms with Crippen LogP contribution in [0.3, 0.4) is 0 Å². The molecule has 0 saturated heterocycles. The zero-order valence-corrected chi connectivity index (χ0v) is 13.5. The van der Waals surface area contributed by atoms with Crippen molar-refractivity contribution in [3.05, 3.63) is 58.4 Å². The second-order valence-corrected chi connectivity index (χ2v) is 6.30. The molecule has 0 spiro atoms. The van der Waals surface area contributed by atoms with Crippen molar-refractivity contribution in [3.63, 3.8) is 0 Å². The number of likely N-dealkylation sites (N-methyl/N-ethyl adjacent to an activating group) is 1. The van der Waals surface area contributed by atoms with Crippen LogP contribution in [0.4, 0.5) is 0 Å². The Hall–Kier alpha value is -2.60. The van der Waals surface area contributed by atoms with E-state index in [4.69, 9.17) is 0 Å². The summed E-state index contributed by atoms with van der Waals surface area (Å²) in [6, 6.07) is 11.5. The summed E-state index contributed by atoms with van der Waals surface area (Å²) >= 11 is 1.59. The number of para-hydroxylation sites is 1. The van der Waals surface area contributed by atoms with E-state index in [1.165, 1.54) is 4.90 Å². The highest BCUT2D eigenvalue weighted by Crippen LogP contribution is 2.18. The summed E-state index contributed by atoms with van der Waals surface area (Å²) in [5, 5.41) is 5.65. The first-order chi connectivity index (χ1) is 11.1. The number of rotatable bonds is 5. The number of amides is 2. The van der Waals surface area contributed by atoms with Crippen molar-refractivity contribution in [1.82, 2.24) is 15.2 Å². The van der Waals surface area contributed by atoms with Gasteiger partial charge in [-0.1, -0.05) is 24.3 Å². The van der Waals surface area contributed by atoms with Crippen molar-refractivity contribution in [3.8, 4) is 0 Å². The number of carbonyl (C=O) groups excluding carboxylic acids is 2. The van der Waals surface area contributed by atoms with Crippen LogP contribution in [0.1, 0.15) is 15.2 Å². The predicted molar refractivity (Wildman–Crippen MR) is 91.4 cm³/mol. The predicted octanol–water partition coefficient (Wildman–Crippen LogP) is 2.62. The van der Waals surface area contributed by atoms with Crippen LogP contribution in [-0.4, -0.2) is 35.3 Å².